The fraction of sp³-hybridized carbons (Fsp3) is 0.577. The van der Waals surface area contributed by atoms with Crippen molar-refractivity contribution < 1.29 is 24.6 Å². The number of thioether (sulfide) groups is 1. The lowest BCUT2D eigenvalue weighted by molar-refractivity contribution is -0.149. The number of benzene rings is 1. The Kier molecular flexibility index (Phi) is 7.78. The molecule has 196 valence electrons. The minimum Gasteiger partial charge on any atom is -0.481 e. The van der Waals surface area contributed by atoms with E-state index in [9.17, 15) is 24.6 Å². The van der Waals surface area contributed by atoms with Crippen molar-refractivity contribution in [1.82, 2.24) is 4.90 Å². The van der Waals surface area contributed by atoms with Gasteiger partial charge in [0, 0.05) is 41.1 Å². The largest absolute Gasteiger partial charge is 0.481 e. The number of carbonyl (C=O) groups is 3. The molecule has 3 saturated heterocycles. The lowest BCUT2D eigenvalue weighted by atomic mass is 9.71. The normalized spacial score (nSPS) is 31.3. The molecule has 0 radical (unpaired) electrons. The summed E-state index contributed by atoms with van der Waals surface area (Å²) in [6.07, 6.45) is 2.16. The highest BCUT2D eigenvalue weighted by molar-refractivity contribution is 9.09. The molecule has 8 nitrogen and oxygen atoms in total. The molecule has 0 aliphatic carbocycles. The number of alkyl halides is 1. The lowest BCUT2D eigenvalue weighted by Crippen LogP contribution is -2.57. The number of hydrogen-bond donors (Lipinski definition) is 2. The quantitative estimate of drug-likeness (QED) is 0.324. The maximum atomic E-state index is 14.4. The summed E-state index contributed by atoms with van der Waals surface area (Å²) in [7, 11) is 0. The molecule has 36 heavy (non-hydrogen) atoms. The molecule has 3 fully saturated rings. The number of aliphatic hydroxyl groups is 1. The van der Waals surface area contributed by atoms with Crippen molar-refractivity contribution in [2.75, 3.05) is 36.0 Å². The Morgan fingerprint density at radius 3 is 2.42 bits per heavy atom. The number of aliphatic carboxylic acids is 1. The smallest absolute Gasteiger partial charge is 0.308 e. The Morgan fingerprint density at radius 1 is 1.28 bits per heavy atom. The molecule has 3 unspecified atom stereocenters. The first-order valence-corrected chi connectivity index (χ1v) is 14.2. The number of amides is 2. The number of carboxylic acid groups (broad SMARTS) is 1. The molecule has 1 aromatic carbocycles. The van der Waals surface area contributed by atoms with Gasteiger partial charge in [0.1, 0.15) is 6.04 Å². The standard InChI is InChI=1S/C26H34BrN3O5S/c1-5-12-29(17-10-8-16(9-11-17)28(6-2)7-3)24(33)22-26-13-18(27)21(36-26)19(25(34)35)20(26)23(32)30(22)15(4)14-31/h5,8-11,15,18-22,31H,1,6-7,12-14H2,2-4H3,(H,34,35)/t15-,18?,19-,20+,21-,22?,26?/m1/s1. The summed E-state index contributed by atoms with van der Waals surface area (Å²) in [6.45, 7) is 11.4. The Morgan fingerprint density at radius 2 is 1.89 bits per heavy atom. The van der Waals surface area contributed by atoms with E-state index in [0.29, 0.717) is 12.1 Å². The average molecular weight is 581 g/mol. The van der Waals surface area contributed by atoms with Crippen molar-refractivity contribution in [2.45, 2.75) is 54.1 Å². The molecule has 3 heterocycles. The van der Waals surface area contributed by atoms with Gasteiger partial charge in [-0.05, 0) is 51.5 Å². The van der Waals surface area contributed by atoms with Gasteiger partial charge in [-0.1, -0.05) is 22.0 Å². The molecule has 2 amide bonds. The second-order valence-corrected chi connectivity index (χ2v) is 12.4. The molecule has 4 rings (SSSR count). The first kappa shape index (κ1) is 27.0. The van der Waals surface area contributed by atoms with Crippen LogP contribution in [0.1, 0.15) is 27.2 Å². The third-order valence-corrected chi connectivity index (χ3v) is 11.1. The van der Waals surface area contributed by atoms with Gasteiger partial charge in [-0.3, -0.25) is 14.4 Å². The van der Waals surface area contributed by atoms with Crippen LogP contribution >= 0.6 is 27.7 Å². The van der Waals surface area contributed by atoms with Crippen LogP contribution in [-0.2, 0) is 14.4 Å². The first-order chi connectivity index (χ1) is 17.2. The Bertz CT molecular complexity index is 1030. The third kappa shape index (κ3) is 4.05. The number of nitrogens with zero attached hydrogens (tertiary/aromatic N) is 3. The van der Waals surface area contributed by atoms with Crippen LogP contribution in [0.15, 0.2) is 36.9 Å². The van der Waals surface area contributed by atoms with E-state index in [2.05, 4.69) is 41.3 Å². The molecule has 1 spiro atoms. The molecule has 7 atom stereocenters. The van der Waals surface area contributed by atoms with E-state index in [1.54, 1.807) is 17.9 Å². The van der Waals surface area contributed by atoms with E-state index >= 15 is 0 Å². The van der Waals surface area contributed by atoms with Crippen molar-refractivity contribution in [1.29, 1.82) is 0 Å². The van der Waals surface area contributed by atoms with Crippen molar-refractivity contribution in [3.63, 3.8) is 0 Å². The van der Waals surface area contributed by atoms with E-state index in [1.807, 2.05) is 24.3 Å². The van der Waals surface area contributed by atoms with E-state index in [-0.39, 0.29) is 35.0 Å². The molecule has 10 heteroatoms. The molecular weight excluding hydrogens is 546 g/mol. The van der Waals surface area contributed by atoms with Crippen LogP contribution < -0.4 is 9.80 Å². The second kappa shape index (κ2) is 10.4. The van der Waals surface area contributed by atoms with Gasteiger partial charge in [0.05, 0.1) is 29.2 Å². The highest BCUT2D eigenvalue weighted by Crippen LogP contribution is 2.68. The fourth-order valence-electron chi connectivity index (χ4n) is 6.22. The summed E-state index contributed by atoms with van der Waals surface area (Å²) in [5.74, 6) is -3.34. The summed E-state index contributed by atoms with van der Waals surface area (Å²) in [6, 6.07) is 6.24. The van der Waals surface area contributed by atoms with Crippen LogP contribution in [-0.4, -0.2) is 86.0 Å². The molecule has 1 aromatic rings. The van der Waals surface area contributed by atoms with Crippen LogP contribution in [0.25, 0.3) is 0 Å². The maximum absolute atomic E-state index is 14.4. The first-order valence-electron chi connectivity index (χ1n) is 12.4. The van der Waals surface area contributed by atoms with Crippen LogP contribution in [0, 0.1) is 11.8 Å². The number of carboxylic acids is 1. The summed E-state index contributed by atoms with van der Waals surface area (Å²) in [5.41, 5.74) is 1.74. The number of likely N-dealkylation sites (tertiary alicyclic amines) is 1. The molecular formula is C26H34BrN3O5S. The van der Waals surface area contributed by atoms with E-state index in [1.165, 1.54) is 16.7 Å². The number of fused-ring (bicyclic) bond motifs is 1. The predicted molar refractivity (Wildman–Crippen MR) is 146 cm³/mol. The van der Waals surface area contributed by atoms with Crippen LogP contribution in [0.4, 0.5) is 11.4 Å². The summed E-state index contributed by atoms with van der Waals surface area (Å²) < 4.78 is -0.875. The van der Waals surface area contributed by atoms with Gasteiger partial charge in [-0.15, -0.1) is 18.3 Å². The van der Waals surface area contributed by atoms with E-state index in [0.717, 1.165) is 18.8 Å². The van der Waals surface area contributed by atoms with E-state index in [4.69, 9.17) is 0 Å². The number of anilines is 2. The van der Waals surface area contributed by atoms with Gasteiger partial charge in [-0.2, -0.15) is 0 Å². The lowest BCUT2D eigenvalue weighted by Gasteiger charge is -2.39. The van der Waals surface area contributed by atoms with Gasteiger partial charge in [0.2, 0.25) is 5.91 Å². The van der Waals surface area contributed by atoms with Gasteiger partial charge < -0.3 is 24.9 Å². The molecule has 3 aliphatic rings. The summed E-state index contributed by atoms with van der Waals surface area (Å²) in [5, 5.41) is 19.7. The van der Waals surface area contributed by atoms with Gasteiger partial charge >= 0.3 is 5.97 Å². The number of rotatable bonds is 10. The van der Waals surface area contributed by atoms with Crippen molar-refractivity contribution in [3.05, 3.63) is 36.9 Å². The summed E-state index contributed by atoms with van der Waals surface area (Å²) in [4.78, 5) is 45.5. The molecule has 2 N–H and O–H groups in total. The van der Waals surface area contributed by atoms with Crippen molar-refractivity contribution in [2.24, 2.45) is 11.8 Å². The number of hydrogen-bond acceptors (Lipinski definition) is 6. The highest BCUT2D eigenvalue weighted by Gasteiger charge is 2.76. The topological polar surface area (TPSA) is 101 Å². The highest BCUT2D eigenvalue weighted by atomic mass is 79.9. The minimum atomic E-state index is -1.02. The zero-order chi connectivity index (χ0) is 26.4. The maximum Gasteiger partial charge on any atom is 0.308 e. The number of aliphatic hydroxyl groups excluding tert-OH is 1. The molecule has 0 saturated carbocycles. The molecule has 3 aliphatic heterocycles. The van der Waals surface area contributed by atoms with Gasteiger partial charge in [0.15, 0.2) is 0 Å². The Labute approximate surface area is 224 Å². The van der Waals surface area contributed by atoms with Crippen molar-refractivity contribution in [3.8, 4) is 0 Å². The summed E-state index contributed by atoms with van der Waals surface area (Å²) >= 11 is 5.10. The van der Waals surface area contributed by atoms with Gasteiger partial charge in [-0.25, -0.2) is 0 Å². The second-order valence-electron chi connectivity index (χ2n) is 9.71. The van der Waals surface area contributed by atoms with Crippen LogP contribution in [0.5, 0.6) is 0 Å². The molecule has 0 aromatic heterocycles. The molecule has 2 bridgehead atoms. The van der Waals surface area contributed by atoms with Gasteiger partial charge in [0.25, 0.3) is 5.91 Å². The van der Waals surface area contributed by atoms with E-state index < -0.39 is 34.6 Å². The zero-order valence-corrected chi connectivity index (χ0v) is 23.2. The zero-order valence-electron chi connectivity index (χ0n) is 20.8. The van der Waals surface area contributed by atoms with Crippen molar-refractivity contribution >= 4 is 56.9 Å². The number of halogens is 1. The predicted octanol–water partition coefficient (Wildman–Crippen LogP) is 2.98. The van der Waals surface area contributed by atoms with Crippen LogP contribution in [0.3, 0.4) is 0 Å². The fourth-order valence-corrected chi connectivity index (χ4v) is 9.81. The monoisotopic (exact) mass is 579 g/mol. The minimum absolute atomic E-state index is 0.117. The number of carbonyl (C=O) groups excluding carboxylic acids is 2. The Hall–Kier alpha value is -2.04. The third-order valence-electron chi connectivity index (χ3n) is 7.85. The Balaban J connectivity index is 1.77. The SMILES string of the molecule is C=CCN(C(=O)C1N([C@H](C)CO)C(=O)[C@@H]2[C@@H](C(=O)O)[C@@H]3SC12CC3Br)c1ccc(N(CC)CC)cc1. The van der Waals surface area contributed by atoms with Crippen LogP contribution in [0.2, 0.25) is 0 Å². The average Bonchev–Trinajstić information content (AvgIpc) is 3.46.